The van der Waals surface area contributed by atoms with E-state index in [1.54, 1.807) is 18.3 Å². The number of pyridine rings is 1. The first-order valence-electron chi connectivity index (χ1n) is 7.54. The Bertz CT molecular complexity index is 807. The Morgan fingerprint density at radius 1 is 1.21 bits per heavy atom. The van der Waals surface area contributed by atoms with E-state index >= 15 is 0 Å². The predicted octanol–water partition coefficient (Wildman–Crippen LogP) is 3.30. The van der Waals surface area contributed by atoms with Crippen molar-refractivity contribution in [2.45, 2.75) is 12.5 Å². The lowest BCUT2D eigenvalue weighted by molar-refractivity contribution is 0.207. The van der Waals surface area contributed by atoms with Crippen LogP contribution in [0, 0.1) is 0 Å². The van der Waals surface area contributed by atoms with Gasteiger partial charge in [-0.05, 0) is 40.1 Å². The molecule has 5 nitrogen and oxygen atoms in total. The van der Waals surface area contributed by atoms with Crippen LogP contribution in [-0.4, -0.2) is 36.9 Å². The van der Waals surface area contributed by atoms with Crippen molar-refractivity contribution in [2.75, 3.05) is 13.1 Å². The van der Waals surface area contributed by atoms with Crippen molar-refractivity contribution in [1.29, 1.82) is 0 Å². The van der Waals surface area contributed by atoms with Gasteiger partial charge in [0.2, 0.25) is 15.9 Å². The number of benzene rings is 1. The van der Waals surface area contributed by atoms with Gasteiger partial charge in [-0.3, -0.25) is 0 Å². The summed E-state index contributed by atoms with van der Waals surface area (Å²) < 4.78 is 32.9. The fourth-order valence-electron chi connectivity index (χ4n) is 2.44. The number of ether oxygens (including phenoxy) is 1. The van der Waals surface area contributed by atoms with E-state index in [1.807, 2.05) is 36.4 Å². The Morgan fingerprint density at radius 2 is 2.00 bits per heavy atom. The van der Waals surface area contributed by atoms with Gasteiger partial charge in [-0.15, -0.1) is 0 Å². The lowest BCUT2D eigenvalue weighted by Crippen LogP contribution is -2.29. The maximum atomic E-state index is 12.4. The van der Waals surface area contributed by atoms with Gasteiger partial charge < -0.3 is 4.74 Å². The third kappa shape index (κ3) is 4.43. The van der Waals surface area contributed by atoms with Crippen LogP contribution in [0.25, 0.3) is 6.08 Å². The molecule has 1 fully saturated rings. The molecule has 1 aliphatic rings. The largest absolute Gasteiger partial charge is 0.473 e. The SMILES string of the molecule is O=S(=O)(/C=C/c1ccccc1)N1CCC(Oc2ccc(Br)cn2)C1. The zero-order chi connectivity index (χ0) is 17.0. The molecule has 0 radical (unpaired) electrons. The summed E-state index contributed by atoms with van der Waals surface area (Å²) in [7, 11) is -3.45. The fraction of sp³-hybridized carbons (Fsp3) is 0.235. The van der Waals surface area contributed by atoms with Crippen LogP contribution in [0.5, 0.6) is 5.88 Å². The lowest BCUT2D eigenvalue weighted by Gasteiger charge is -2.15. The third-order valence-electron chi connectivity index (χ3n) is 3.69. The first-order valence-corrected chi connectivity index (χ1v) is 9.84. The molecular weight excluding hydrogens is 392 g/mol. The molecule has 7 heteroatoms. The van der Waals surface area contributed by atoms with E-state index in [-0.39, 0.29) is 6.10 Å². The maximum absolute atomic E-state index is 12.4. The summed E-state index contributed by atoms with van der Waals surface area (Å²) in [5.74, 6) is 0.502. The molecule has 3 rings (SSSR count). The monoisotopic (exact) mass is 408 g/mol. The molecule has 0 amide bonds. The fourth-order valence-corrected chi connectivity index (χ4v) is 3.91. The highest BCUT2D eigenvalue weighted by molar-refractivity contribution is 9.10. The van der Waals surface area contributed by atoms with Gasteiger partial charge in [0.15, 0.2) is 0 Å². The highest BCUT2D eigenvalue weighted by atomic mass is 79.9. The molecule has 2 heterocycles. The number of nitrogens with zero attached hydrogens (tertiary/aromatic N) is 2. The Balaban J connectivity index is 1.61. The van der Waals surface area contributed by atoms with Crippen LogP contribution >= 0.6 is 15.9 Å². The quantitative estimate of drug-likeness (QED) is 0.761. The highest BCUT2D eigenvalue weighted by Crippen LogP contribution is 2.21. The molecule has 1 aromatic carbocycles. The molecule has 0 spiro atoms. The van der Waals surface area contributed by atoms with E-state index in [0.717, 1.165) is 10.0 Å². The molecule has 0 bridgehead atoms. The summed E-state index contributed by atoms with van der Waals surface area (Å²) in [4.78, 5) is 4.15. The first-order chi connectivity index (χ1) is 11.5. The van der Waals surface area contributed by atoms with E-state index in [4.69, 9.17) is 4.74 Å². The van der Waals surface area contributed by atoms with Gasteiger partial charge in [-0.1, -0.05) is 30.3 Å². The number of rotatable bonds is 5. The van der Waals surface area contributed by atoms with Crippen molar-refractivity contribution in [3.63, 3.8) is 0 Å². The normalized spacial score (nSPS) is 19.0. The second kappa shape index (κ2) is 7.46. The van der Waals surface area contributed by atoms with Crippen molar-refractivity contribution in [3.05, 3.63) is 64.1 Å². The van der Waals surface area contributed by atoms with Crippen LogP contribution in [0.3, 0.4) is 0 Å². The van der Waals surface area contributed by atoms with Crippen molar-refractivity contribution < 1.29 is 13.2 Å². The van der Waals surface area contributed by atoms with Crippen LogP contribution in [0.2, 0.25) is 0 Å². The second-order valence-electron chi connectivity index (χ2n) is 5.46. The van der Waals surface area contributed by atoms with Crippen LogP contribution in [0.15, 0.2) is 58.5 Å². The van der Waals surface area contributed by atoms with Gasteiger partial charge in [0, 0.05) is 28.7 Å². The van der Waals surface area contributed by atoms with Gasteiger partial charge in [-0.25, -0.2) is 13.4 Å². The average molecular weight is 409 g/mol. The third-order valence-corrected chi connectivity index (χ3v) is 5.69. The molecule has 1 unspecified atom stereocenters. The van der Waals surface area contributed by atoms with Crippen LogP contribution in [0.4, 0.5) is 0 Å². The molecule has 1 saturated heterocycles. The van der Waals surface area contributed by atoms with E-state index in [9.17, 15) is 8.42 Å². The van der Waals surface area contributed by atoms with E-state index in [2.05, 4.69) is 20.9 Å². The Hall–Kier alpha value is -1.70. The molecular formula is C17H17BrN2O3S. The van der Waals surface area contributed by atoms with Gasteiger partial charge in [0.05, 0.1) is 6.54 Å². The van der Waals surface area contributed by atoms with E-state index < -0.39 is 10.0 Å². The van der Waals surface area contributed by atoms with Gasteiger partial charge in [0.1, 0.15) is 6.10 Å². The number of halogens is 1. The summed E-state index contributed by atoms with van der Waals surface area (Å²) in [6.07, 6.45) is 3.73. The molecule has 0 N–H and O–H groups in total. The number of hydrogen-bond acceptors (Lipinski definition) is 4. The maximum Gasteiger partial charge on any atom is 0.236 e. The predicted molar refractivity (Wildman–Crippen MR) is 96.9 cm³/mol. The summed E-state index contributed by atoms with van der Waals surface area (Å²) in [5.41, 5.74) is 0.854. The number of aromatic nitrogens is 1. The topological polar surface area (TPSA) is 59.5 Å². The zero-order valence-corrected chi connectivity index (χ0v) is 15.3. The summed E-state index contributed by atoms with van der Waals surface area (Å²) in [5, 5.41) is 1.25. The highest BCUT2D eigenvalue weighted by Gasteiger charge is 2.31. The zero-order valence-electron chi connectivity index (χ0n) is 12.9. The second-order valence-corrected chi connectivity index (χ2v) is 8.19. The Labute approximate surface area is 150 Å². The Kier molecular flexibility index (Phi) is 5.33. The molecule has 0 saturated carbocycles. The van der Waals surface area contributed by atoms with Crippen molar-refractivity contribution in [2.24, 2.45) is 0 Å². The number of hydrogen-bond donors (Lipinski definition) is 0. The minimum Gasteiger partial charge on any atom is -0.473 e. The smallest absolute Gasteiger partial charge is 0.236 e. The summed E-state index contributed by atoms with van der Waals surface area (Å²) >= 11 is 3.32. The minimum atomic E-state index is -3.45. The molecule has 126 valence electrons. The van der Waals surface area contributed by atoms with Gasteiger partial charge >= 0.3 is 0 Å². The van der Waals surface area contributed by atoms with Crippen LogP contribution in [0.1, 0.15) is 12.0 Å². The molecule has 0 aliphatic carbocycles. The summed E-state index contributed by atoms with van der Waals surface area (Å²) in [6.45, 7) is 0.780. The van der Waals surface area contributed by atoms with Crippen molar-refractivity contribution in [1.82, 2.24) is 9.29 Å². The van der Waals surface area contributed by atoms with E-state index in [0.29, 0.717) is 25.4 Å². The van der Waals surface area contributed by atoms with Crippen LogP contribution in [-0.2, 0) is 10.0 Å². The standard InChI is InChI=1S/C17H17BrN2O3S/c18-15-6-7-17(19-12-15)23-16-8-10-20(13-16)24(21,22)11-9-14-4-2-1-3-5-14/h1-7,9,11-12,16H,8,10,13H2/b11-9+. The van der Waals surface area contributed by atoms with E-state index in [1.165, 1.54) is 9.71 Å². The lowest BCUT2D eigenvalue weighted by atomic mass is 10.2. The average Bonchev–Trinajstić information content (AvgIpc) is 3.06. The summed E-state index contributed by atoms with van der Waals surface area (Å²) in [6, 6.07) is 13.0. The van der Waals surface area contributed by atoms with Gasteiger partial charge in [-0.2, -0.15) is 4.31 Å². The molecule has 1 aromatic heterocycles. The minimum absolute atomic E-state index is 0.182. The van der Waals surface area contributed by atoms with Crippen molar-refractivity contribution >= 4 is 32.0 Å². The van der Waals surface area contributed by atoms with Gasteiger partial charge in [0.25, 0.3) is 0 Å². The molecule has 1 aliphatic heterocycles. The molecule has 1 atom stereocenters. The molecule has 2 aromatic rings. The van der Waals surface area contributed by atoms with Crippen molar-refractivity contribution in [3.8, 4) is 5.88 Å². The Morgan fingerprint density at radius 3 is 2.71 bits per heavy atom. The van der Waals surface area contributed by atoms with Crippen LogP contribution < -0.4 is 4.74 Å². The first kappa shape index (κ1) is 17.1. The number of sulfonamides is 1. The molecule has 24 heavy (non-hydrogen) atoms.